The van der Waals surface area contributed by atoms with Crippen molar-refractivity contribution in [1.82, 2.24) is 0 Å². The lowest BCUT2D eigenvalue weighted by atomic mass is 9.92. The number of nitrogens with one attached hydrogen (secondary N) is 1. The number of methoxy groups -OCH3 is 2. The third-order valence-electron chi connectivity index (χ3n) is 3.51. The molecule has 1 fully saturated rings. The molecule has 0 heterocycles. The fourth-order valence-electron chi connectivity index (χ4n) is 2.54. The lowest BCUT2D eigenvalue weighted by Crippen LogP contribution is -2.37. The average Bonchev–Trinajstić information content (AvgIpc) is 2.40. The largest absolute Gasteiger partial charge is 0.495 e. The molecular formula is C14H20BrNO2. The molecule has 1 saturated carbocycles. The maximum absolute atomic E-state index is 5.56. The van der Waals surface area contributed by atoms with Gasteiger partial charge in [0.25, 0.3) is 0 Å². The van der Waals surface area contributed by atoms with E-state index in [-0.39, 0.29) is 0 Å². The van der Waals surface area contributed by atoms with Gasteiger partial charge in [-0.25, -0.2) is 0 Å². The van der Waals surface area contributed by atoms with Gasteiger partial charge in [0.05, 0.1) is 24.9 Å². The van der Waals surface area contributed by atoms with Gasteiger partial charge in [0, 0.05) is 11.6 Å². The molecule has 0 bridgehead atoms. The molecule has 3 nitrogen and oxygen atoms in total. The van der Waals surface area contributed by atoms with Crippen molar-refractivity contribution in [2.24, 2.45) is 0 Å². The Hall–Kier alpha value is -0.740. The van der Waals surface area contributed by atoms with Crippen LogP contribution in [0.3, 0.4) is 0 Å². The van der Waals surface area contributed by atoms with Gasteiger partial charge < -0.3 is 14.8 Å². The molecule has 0 radical (unpaired) electrons. The Balaban J connectivity index is 2.14. The molecule has 1 aromatic carbocycles. The van der Waals surface area contributed by atoms with Gasteiger partial charge >= 0.3 is 0 Å². The van der Waals surface area contributed by atoms with Gasteiger partial charge in [-0.1, -0.05) is 28.8 Å². The number of anilines is 1. The summed E-state index contributed by atoms with van der Waals surface area (Å²) in [5, 5.41) is 3.56. The Morgan fingerprint density at radius 2 is 2.00 bits per heavy atom. The zero-order valence-electron chi connectivity index (χ0n) is 10.9. The average molecular weight is 314 g/mol. The Morgan fingerprint density at radius 1 is 1.22 bits per heavy atom. The summed E-state index contributed by atoms with van der Waals surface area (Å²) in [6.07, 6.45) is 5.08. The first kappa shape index (κ1) is 13.7. The lowest BCUT2D eigenvalue weighted by Gasteiger charge is -2.32. The van der Waals surface area contributed by atoms with Crippen LogP contribution in [0, 0.1) is 0 Å². The van der Waals surface area contributed by atoms with Crippen LogP contribution in [-0.2, 0) is 4.74 Å². The molecule has 100 valence electrons. The third kappa shape index (κ3) is 3.18. The Bertz CT molecular complexity index is 397. The van der Waals surface area contributed by atoms with Crippen LogP contribution >= 0.6 is 15.9 Å². The summed E-state index contributed by atoms with van der Waals surface area (Å²) in [5.41, 5.74) is 1.03. The van der Waals surface area contributed by atoms with E-state index in [2.05, 4.69) is 27.3 Å². The molecule has 0 spiro atoms. The topological polar surface area (TPSA) is 30.5 Å². The highest BCUT2D eigenvalue weighted by Crippen LogP contribution is 2.31. The second kappa shape index (κ2) is 6.43. The number of rotatable bonds is 4. The van der Waals surface area contributed by atoms with E-state index < -0.39 is 0 Å². The van der Waals surface area contributed by atoms with Crippen molar-refractivity contribution in [3.8, 4) is 5.75 Å². The molecule has 0 amide bonds. The van der Waals surface area contributed by atoms with E-state index in [0.29, 0.717) is 12.1 Å². The second-order valence-corrected chi connectivity index (χ2v) is 5.57. The van der Waals surface area contributed by atoms with Crippen LogP contribution in [-0.4, -0.2) is 26.4 Å². The maximum atomic E-state index is 5.56. The molecule has 1 aliphatic rings. The van der Waals surface area contributed by atoms with Crippen molar-refractivity contribution < 1.29 is 9.47 Å². The van der Waals surface area contributed by atoms with E-state index in [1.165, 1.54) is 12.8 Å². The zero-order chi connectivity index (χ0) is 13.0. The molecule has 1 aromatic rings. The van der Waals surface area contributed by atoms with Crippen LogP contribution in [0.5, 0.6) is 5.75 Å². The molecule has 18 heavy (non-hydrogen) atoms. The van der Waals surface area contributed by atoms with Crippen molar-refractivity contribution in [2.45, 2.75) is 37.8 Å². The molecule has 0 saturated heterocycles. The van der Waals surface area contributed by atoms with Gasteiger partial charge in [0.15, 0.2) is 0 Å². The van der Waals surface area contributed by atoms with Crippen LogP contribution in [0.1, 0.15) is 25.7 Å². The number of benzene rings is 1. The molecule has 1 aliphatic carbocycles. The van der Waals surface area contributed by atoms with Crippen molar-refractivity contribution in [2.75, 3.05) is 19.5 Å². The molecular weight excluding hydrogens is 294 g/mol. The van der Waals surface area contributed by atoms with Gasteiger partial charge in [0.2, 0.25) is 0 Å². The van der Waals surface area contributed by atoms with Crippen molar-refractivity contribution >= 4 is 21.6 Å². The van der Waals surface area contributed by atoms with Crippen molar-refractivity contribution in [1.29, 1.82) is 0 Å². The first-order valence-corrected chi connectivity index (χ1v) is 7.16. The highest BCUT2D eigenvalue weighted by molar-refractivity contribution is 9.10. The SMILES string of the molecule is COc1ccc(Br)cc1NC1CCCCC1OC. The minimum atomic E-state index is 0.294. The van der Waals surface area contributed by atoms with Gasteiger partial charge in [-0.05, 0) is 31.0 Å². The standard InChI is InChI=1S/C14H20BrNO2/c1-17-13-6-4-3-5-11(13)16-12-9-10(15)7-8-14(12)18-2/h7-9,11,13,16H,3-6H2,1-2H3. The number of hydrogen-bond acceptors (Lipinski definition) is 3. The molecule has 1 N–H and O–H groups in total. The summed E-state index contributed by atoms with van der Waals surface area (Å²) < 4.78 is 12.0. The van der Waals surface area contributed by atoms with Crippen LogP contribution in [0.15, 0.2) is 22.7 Å². The normalized spacial score (nSPS) is 23.7. The summed E-state index contributed by atoms with van der Waals surface area (Å²) in [7, 11) is 3.49. The Morgan fingerprint density at radius 3 is 2.72 bits per heavy atom. The van der Waals surface area contributed by atoms with E-state index in [1.807, 2.05) is 12.1 Å². The minimum absolute atomic E-state index is 0.294. The van der Waals surface area contributed by atoms with Crippen LogP contribution in [0.25, 0.3) is 0 Å². The molecule has 2 unspecified atom stereocenters. The van der Waals surface area contributed by atoms with Crippen LogP contribution < -0.4 is 10.1 Å². The molecule has 4 heteroatoms. The number of hydrogen-bond donors (Lipinski definition) is 1. The third-order valence-corrected chi connectivity index (χ3v) is 4.00. The summed E-state index contributed by atoms with van der Waals surface area (Å²) in [6.45, 7) is 0. The summed E-state index contributed by atoms with van der Waals surface area (Å²) in [6, 6.07) is 6.38. The highest BCUT2D eigenvalue weighted by Gasteiger charge is 2.25. The number of halogens is 1. The van der Waals surface area contributed by atoms with Crippen molar-refractivity contribution in [3.05, 3.63) is 22.7 Å². The molecule has 2 atom stereocenters. The maximum Gasteiger partial charge on any atom is 0.142 e. The predicted molar refractivity (Wildman–Crippen MR) is 77.4 cm³/mol. The van der Waals surface area contributed by atoms with E-state index in [4.69, 9.17) is 9.47 Å². The fraction of sp³-hybridized carbons (Fsp3) is 0.571. The van der Waals surface area contributed by atoms with Gasteiger partial charge in [-0.15, -0.1) is 0 Å². The monoisotopic (exact) mass is 313 g/mol. The summed E-state index contributed by atoms with van der Waals surface area (Å²) in [4.78, 5) is 0. The molecule has 0 aromatic heterocycles. The van der Waals surface area contributed by atoms with Crippen molar-refractivity contribution in [3.63, 3.8) is 0 Å². The number of ether oxygens (including phenoxy) is 2. The first-order valence-electron chi connectivity index (χ1n) is 6.37. The smallest absolute Gasteiger partial charge is 0.142 e. The highest BCUT2D eigenvalue weighted by atomic mass is 79.9. The van der Waals surface area contributed by atoms with E-state index in [9.17, 15) is 0 Å². The van der Waals surface area contributed by atoms with Crippen LogP contribution in [0.4, 0.5) is 5.69 Å². The predicted octanol–water partition coefficient (Wildman–Crippen LogP) is 3.83. The molecule has 0 aliphatic heterocycles. The quantitative estimate of drug-likeness (QED) is 0.916. The lowest BCUT2D eigenvalue weighted by molar-refractivity contribution is 0.0605. The summed E-state index contributed by atoms with van der Waals surface area (Å²) in [5.74, 6) is 0.874. The van der Waals surface area contributed by atoms with E-state index >= 15 is 0 Å². The zero-order valence-corrected chi connectivity index (χ0v) is 12.5. The summed E-state index contributed by atoms with van der Waals surface area (Å²) >= 11 is 3.50. The van der Waals surface area contributed by atoms with Gasteiger partial charge in [0.1, 0.15) is 5.75 Å². The van der Waals surface area contributed by atoms with E-state index in [0.717, 1.165) is 28.8 Å². The Kier molecular flexibility index (Phi) is 4.89. The van der Waals surface area contributed by atoms with Gasteiger partial charge in [-0.3, -0.25) is 0 Å². The second-order valence-electron chi connectivity index (χ2n) is 4.65. The molecule has 2 rings (SSSR count). The first-order chi connectivity index (χ1) is 8.74. The van der Waals surface area contributed by atoms with Crippen LogP contribution in [0.2, 0.25) is 0 Å². The minimum Gasteiger partial charge on any atom is -0.495 e. The van der Waals surface area contributed by atoms with E-state index in [1.54, 1.807) is 14.2 Å². The van der Waals surface area contributed by atoms with Gasteiger partial charge in [-0.2, -0.15) is 0 Å². The fourth-order valence-corrected chi connectivity index (χ4v) is 2.90. The Labute approximate surface area is 117 Å².